The van der Waals surface area contributed by atoms with Gasteiger partial charge >= 0.3 is 0 Å². The first kappa shape index (κ1) is 17.8. The maximum Gasteiger partial charge on any atom is 0.240 e. The van der Waals surface area contributed by atoms with Crippen LogP contribution in [-0.2, 0) is 16.6 Å². The van der Waals surface area contributed by atoms with Crippen molar-refractivity contribution in [1.29, 1.82) is 0 Å². The number of sulfonamides is 1. The zero-order valence-electron chi connectivity index (χ0n) is 14.7. The van der Waals surface area contributed by atoms with Crippen LogP contribution in [0.3, 0.4) is 0 Å². The summed E-state index contributed by atoms with van der Waals surface area (Å²) in [6.07, 6.45) is 3.58. The van der Waals surface area contributed by atoms with E-state index in [0.29, 0.717) is 5.82 Å². The molecule has 25 heavy (non-hydrogen) atoms. The number of rotatable bonds is 5. The molecule has 134 valence electrons. The zero-order valence-corrected chi connectivity index (χ0v) is 15.5. The number of nitrogens with one attached hydrogen (secondary N) is 1. The Morgan fingerprint density at radius 2 is 1.72 bits per heavy atom. The van der Waals surface area contributed by atoms with Gasteiger partial charge in [0.1, 0.15) is 11.6 Å². The van der Waals surface area contributed by atoms with Crippen molar-refractivity contribution in [2.24, 2.45) is 0 Å². The van der Waals surface area contributed by atoms with Gasteiger partial charge in [0.25, 0.3) is 0 Å². The quantitative estimate of drug-likeness (QED) is 0.887. The van der Waals surface area contributed by atoms with Crippen LogP contribution in [0.4, 0.5) is 5.82 Å². The molecule has 0 spiro atoms. The summed E-state index contributed by atoms with van der Waals surface area (Å²) in [6, 6.07) is 8.74. The first-order chi connectivity index (χ1) is 11.9. The standard InChI is InChI=1S/C18H24N4O2S/c1-14-6-8-16(9-7-14)25(23,24)19-13-17-20-15(2)12-18(21-17)22-10-4-3-5-11-22/h6-9,12,19H,3-5,10-11,13H2,1-2H3. The highest BCUT2D eigenvalue weighted by atomic mass is 32.2. The van der Waals surface area contributed by atoms with Gasteiger partial charge < -0.3 is 4.90 Å². The van der Waals surface area contributed by atoms with Crippen molar-refractivity contribution >= 4 is 15.8 Å². The Bertz CT molecular complexity index is 829. The Labute approximate surface area is 149 Å². The van der Waals surface area contributed by atoms with Crippen LogP contribution in [-0.4, -0.2) is 31.5 Å². The first-order valence-electron chi connectivity index (χ1n) is 8.60. The number of nitrogens with zero attached hydrogens (tertiary/aromatic N) is 3. The summed E-state index contributed by atoms with van der Waals surface area (Å²) in [7, 11) is -3.57. The van der Waals surface area contributed by atoms with Gasteiger partial charge in [0.05, 0.1) is 11.4 Å². The van der Waals surface area contributed by atoms with Gasteiger partial charge in [-0.05, 0) is 45.2 Å². The summed E-state index contributed by atoms with van der Waals surface area (Å²) >= 11 is 0. The van der Waals surface area contributed by atoms with Crippen molar-refractivity contribution in [3.63, 3.8) is 0 Å². The molecule has 3 rings (SSSR count). The second-order valence-corrected chi connectivity index (χ2v) is 8.24. The highest BCUT2D eigenvalue weighted by Crippen LogP contribution is 2.18. The molecule has 6 nitrogen and oxygen atoms in total. The molecule has 0 atom stereocenters. The van der Waals surface area contributed by atoms with E-state index >= 15 is 0 Å². The molecule has 0 aliphatic carbocycles. The Kier molecular flexibility index (Phi) is 5.34. The molecule has 1 aliphatic heterocycles. The van der Waals surface area contributed by atoms with Gasteiger partial charge in [-0.15, -0.1) is 0 Å². The maximum atomic E-state index is 12.4. The second kappa shape index (κ2) is 7.49. The third-order valence-corrected chi connectivity index (χ3v) is 5.74. The molecule has 0 unspecified atom stereocenters. The molecule has 7 heteroatoms. The lowest BCUT2D eigenvalue weighted by Crippen LogP contribution is -2.31. The van der Waals surface area contributed by atoms with Crippen LogP contribution in [0.1, 0.15) is 36.3 Å². The third-order valence-electron chi connectivity index (χ3n) is 4.32. The van der Waals surface area contributed by atoms with Crippen LogP contribution in [0.2, 0.25) is 0 Å². The van der Waals surface area contributed by atoms with Gasteiger partial charge in [0.2, 0.25) is 10.0 Å². The fourth-order valence-electron chi connectivity index (χ4n) is 2.94. The van der Waals surface area contributed by atoms with Crippen molar-refractivity contribution in [2.45, 2.75) is 44.6 Å². The van der Waals surface area contributed by atoms with Crippen molar-refractivity contribution < 1.29 is 8.42 Å². The molecule has 1 aliphatic rings. The van der Waals surface area contributed by atoms with E-state index in [1.54, 1.807) is 24.3 Å². The minimum Gasteiger partial charge on any atom is -0.357 e. The highest BCUT2D eigenvalue weighted by molar-refractivity contribution is 7.89. The molecule has 2 aromatic rings. The van der Waals surface area contributed by atoms with Gasteiger partial charge in [-0.3, -0.25) is 0 Å². The fraction of sp³-hybridized carbons (Fsp3) is 0.444. The van der Waals surface area contributed by atoms with Gasteiger partial charge in [-0.1, -0.05) is 17.7 Å². The Balaban J connectivity index is 1.74. The summed E-state index contributed by atoms with van der Waals surface area (Å²) in [4.78, 5) is 11.4. The number of aryl methyl sites for hydroxylation is 2. The first-order valence-corrected chi connectivity index (χ1v) is 10.1. The number of hydrogen-bond donors (Lipinski definition) is 1. The Morgan fingerprint density at radius 3 is 2.40 bits per heavy atom. The monoisotopic (exact) mass is 360 g/mol. The van der Waals surface area contributed by atoms with Gasteiger partial charge in [0, 0.05) is 24.8 Å². The largest absolute Gasteiger partial charge is 0.357 e. The summed E-state index contributed by atoms with van der Waals surface area (Å²) < 4.78 is 27.4. The van der Waals surface area contributed by atoms with Crippen LogP contribution < -0.4 is 9.62 Å². The lowest BCUT2D eigenvalue weighted by molar-refractivity contribution is 0.569. The molecular weight excluding hydrogens is 336 g/mol. The van der Waals surface area contributed by atoms with Crippen molar-refractivity contribution in [2.75, 3.05) is 18.0 Å². The molecule has 2 heterocycles. The maximum absolute atomic E-state index is 12.4. The predicted octanol–water partition coefficient (Wildman–Crippen LogP) is 2.56. The summed E-state index contributed by atoms with van der Waals surface area (Å²) in [5, 5.41) is 0. The van der Waals surface area contributed by atoms with Crippen molar-refractivity contribution in [1.82, 2.24) is 14.7 Å². The molecule has 0 bridgehead atoms. The molecule has 1 fully saturated rings. The minimum absolute atomic E-state index is 0.0821. The molecule has 0 saturated carbocycles. The van der Waals surface area contributed by atoms with E-state index in [0.717, 1.165) is 30.2 Å². The van der Waals surface area contributed by atoms with E-state index in [1.807, 2.05) is 19.9 Å². The molecule has 1 aromatic heterocycles. The van der Waals surface area contributed by atoms with E-state index in [9.17, 15) is 8.42 Å². The Morgan fingerprint density at radius 1 is 1.04 bits per heavy atom. The molecule has 1 saturated heterocycles. The molecule has 1 aromatic carbocycles. The molecule has 0 amide bonds. The molecular formula is C18H24N4O2S. The van der Waals surface area contributed by atoms with E-state index in [2.05, 4.69) is 19.6 Å². The predicted molar refractivity (Wildman–Crippen MR) is 98.0 cm³/mol. The second-order valence-electron chi connectivity index (χ2n) is 6.47. The normalized spacial score (nSPS) is 15.4. The molecule has 1 N–H and O–H groups in total. The van der Waals surface area contributed by atoms with Crippen LogP contribution in [0.15, 0.2) is 35.2 Å². The van der Waals surface area contributed by atoms with E-state index in [1.165, 1.54) is 19.3 Å². The lowest BCUT2D eigenvalue weighted by Gasteiger charge is -2.28. The van der Waals surface area contributed by atoms with Gasteiger partial charge in [0.15, 0.2) is 0 Å². The van der Waals surface area contributed by atoms with Crippen LogP contribution in [0, 0.1) is 13.8 Å². The van der Waals surface area contributed by atoms with E-state index in [-0.39, 0.29) is 11.4 Å². The smallest absolute Gasteiger partial charge is 0.240 e. The number of hydrogen-bond acceptors (Lipinski definition) is 5. The van der Waals surface area contributed by atoms with Gasteiger partial charge in [-0.25, -0.2) is 23.1 Å². The van der Waals surface area contributed by atoms with E-state index < -0.39 is 10.0 Å². The zero-order chi connectivity index (χ0) is 17.9. The van der Waals surface area contributed by atoms with Gasteiger partial charge in [-0.2, -0.15) is 0 Å². The topological polar surface area (TPSA) is 75.2 Å². The minimum atomic E-state index is -3.57. The number of benzene rings is 1. The van der Waals surface area contributed by atoms with E-state index in [4.69, 9.17) is 0 Å². The summed E-state index contributed by atoms with van der Waals surface area (Å²) in [5.74, 6) is 1.38. The SMILES string of the molecule is Cc1ccc(S(=O)(=O)NCc2nc(C)cc(N3CCCCC3)n2)cc1. The summed E-state index contributed by atoms with van der Waals surface area (Å²) in [6.45, 7) is 5.90. The average Bonchev–Trinajstić information content (AvgIpc) is 2.61. The molecule has 0 radical (unpaired) electrons. The fourth-order valence-corrected chi connectivity index (χ4v) is 3.92. The van der Waals surface area contributed by atoms with Crippen LogP contribution in [0.5, 0.6) is 0 Å². The Hall–Kier alpha value is -1.99. The number of anilines is 1. The third kappa shape index (κ3) is 4.55. The highest BCUT2D eigenvalue weighted by Gasteiger charge is 2.17. The average molecular weight is 360 g/mol. The number of piperidine rings is 1. The summed E-state index contributed by atoms with van der Waals surface area (Å²) in [5.41, 5.74) is 1.87. The van der Waals surface area contributed by atoms with Crippen LogP contribution >= 0.6 is 0 Å². The van der Waals surface area contributed by atoms with Crippen molar-refractivity contribution in [3.05, 3.63) is 47.4 Å². The number of aromatic nitrogens is 2. The lowest BCUT2D eigenvalue weighted by atomic mass is 10.1. The van der Waals surface area contributed by atoms with Crippen LogP contribution in [0.25, 0.3) is 0 Å². The van der Waals surface area contributed by atoms with Crippen molar-refractivity contribution in [3.8, 4) is 0 Å².